The average Bonchev–Trinajstić information content (AvgIpc) is 2.80. The van der Waals surface area contributed by atoms with E-state index in [-0.39, 0.29) is 5.56 Å². The maximum absolute atomic E-state index is 12.5. The van der Waals surface area contributed by atoms with Crippen molar-refractivity contribution in [2.75, 3.05) is 11.1 Å². The van der Waals surface area contributed by atoms with Gasteiger partial charge in [-0.1, -0.05) is 37.3 Å². The van der Waals surface area contributed by atoms with E-state index < -0.39 is 28.8 Å². The number of para-hydroxylation sites is 1. The first kappa shape index (κ1) is 22.2. The van der Waals surface area contributed by atoms with E-state index in [1.54, 1.807) is 55.5 Å². The molecule has 6 nitrogen and oxygen atoms in total. The van der Waals surface area contributed by atoms with Crippen LogP contribution in [0.3, 0.4) is 0 Å². The number of benzene rings is 3. The molecule has 0 unspecified atom stereocenters. The summed E-state index contributed by atoms with van der Waals surface area (Å²) < 4.78 is 23.2. The van der Waals surface area contributed by atoms with E-state index in [2.05, 4.69) is 5.32 Å². The number of hydrogen-bond donors (Lipinski definition) is 1. The SMILES string of the molecule is CC[S@](=O)c1ccccc1C(=O)O[C@@H](C)C(=O)Nc1ccc(Oc2ccccc2)cc1. The molecule has 0 radical (unpaired) electrons. The maximum Gasteiger partial charge on any atom is 0.340 e. The second kappa shape index (κ2) is 10.5. The lowest BCUT2D eigenvalue weighted by molar-refractivity contribution is -0.123. The summed E-state index contributed by atoms with van der Waals surface area (Å²) in [6.45, 7) is 3.25. The zero-order chi connectivity index (χ0) is 22.2. The van der Waals surface area contributed by atoms with Crippen molar-refractivity contribution in [3.8, 4) is 11.5 Å². The molecule has 3 rings (SSSR count). The van der Waals surface area contributed by atoms with E-state index in [4.69, 9.17) is 9.47 Å². The van der Waals surface area contributed by atoms with Gasteiger partial charge in [0.15, 0.2) is 6.10 Å². The van der Waals surface area contributed by atoms with Gasteiger partial charge in [0.25, 0.3) is 5.91 Å². The molecule has 0 heterocycles. The van der Waals surface area contributed by atoms with E-state index in [0.29, 0.717) is 27.8 Å². The van der Waals surface area contributed by atoms with E-state index >= 15 is 0 Å². The van der Waals surface area contributed by atoms with Crippen molar-refractivity contribution in [3.63, 3.8) is 0 Å². The Labute approximate surface area is 183 Å². The van der Waals surface area contributed by atoms with Gasteiger partial charge in [-0.15, -0.1) is 0 Å². The van der Waals surface area contributed by atoms with Crippen LogP contribution in [-0.4, -0.2) is 27.9 Å². The number of carbonyl (C=O) groups excluding carboxylic acids is 2. The lowest BCUT2D eigenvalue weighted by atomic mass is 10.2. The fourth-order valence-corrected chi connectivity index (χ4v) is 3.68. The molecule has 160 valence electrons. The second-order valence-corrected chi connectivity index (χ2v) is 8.31. The predicted molar refractivity (Wildman–Crippen MR) is 120 cm³/mol. The molecule has 0 saturated heterocycles. The second-order valence-electron chi connectivity index (χ2n) is 6.61. The number of ether oxygens (including phenoxy) is 2. The maximum atomic E-state index is 12.5. The summed E-state index contributed by atoms with van der Waals surface area (Å²) in [5.41, 5.74) is 0.741. The normalized spacial score (nSPS) is 12.5. The van der Waals surface area contributed by atoms with Crippen molar-refractivity contribution < 1.29 is 23.3 Å². The molecule has 0 aliphatic heterocycles. The Morgan fingerprint density at radius 3 is 2.19 bits per heavy atom. The van der Waals surface area contributed by atoms with Gasteiger partial charge >= 0.3 is 5.97 Å². The summed E-state index contributed by atoms with van der Waals surface area (Å²) in [5.74, 6) is 0.559. The molecule has 0 saturated carbocycles. The van der Waals surface area contributed by atoms with Gasteiger partial charge in [-0.05, 0) is 55.5 Å². The van der Waals surface area contributed by atoms with Crippen molar-refractivity contribution in [3.05, 3.63) is 84.4 Å². The van der Waals surface area contributed by atoms with Crippen LogP contribution in [0.15, 0.2) is 83.8 Å². The van der Waals surface area contributed by atoms with Crippen LogP contribution >= 0.6 is 0 Å². The Morgan fingerprint density at radius 2 is 1.52 bits per heavy atom. The van der Waals surface area contributed by atoms with E-state index in [9.17, 15) is 13.8 Å². The predicted octanol–water partition coefficient (Wildman–Crippen LogP) is 4.79. The molecule has 0 aromatic heterocycles. The fourth-order valence-electron chi connectivity index (χ4n) is 2.74. The zero-order valence-electron chi connectivity index (χ0n) is 17.2. The Hall–Kier alpha value is -3.45. The van der Waals surface area contributed by atoms with Crippen molar-refractivity contribution in [1.82, 2.24) is 0 Å². The van der Waals surface area contributed by atoms with E-state index in [1.165, 1.54) is 6.92 Å². The molecule has 0 aliphatic rings. The lowest BCUT2D eigenvalue weighted by Crippen LogP contribution is -2.30. The largest absolute Gasteiger partial charge is 0.457 e. The summed E-state index contributed by atoms with van der Waals surface area (Å²) in [7, 11) is -1.31. The minimum absolute atomic E-state index is 0.199. The summed E-state index contributed by atoms with van der Waals surface area (Å²) in [6, 6.07) is 22.8. The number of anilines is 1. The highest BCUT2D eigenvalue weighted by Crippen LogP contribution is 2.23. The number of amides is 1. The van der Waals surface area contributed by atoms with Crippen LogP contribution in [0, 0.1) is 0 Å². The molecule has 7 heteroatoms. The molecule has 0 bridgehead atoms. The summed E-state index contributed by atoms with van der Waals surface area (Å²) in [5, 5.41) is 2.71. The number of esters is 1. The molecule has 1 amide bonds. The van der Waals surface area contributed by atoms with Crippen molar-refractivity contribution in [1.29, 1.82) is 0 Å². The van der Waals surface area contributed by atoms with Gasteiger partial charge in [0.05, 0.1) is 21.3 Å². The fraction of sp³-hybridized carbons (Fsp3) is 0.167. The quantitative estimate of drug-likeness (QED) is 0.513. The summed E-state index contributed by atoms with van der Waals surface area (Å²) >= 11 is 0. The van der Waals surface area contributed by atoms with Crippen LogP contribution in [0.4, 0.5) is 5.69 Å². The number of hydrogen-bond acceptors (Lipinski definition) is 5. The van der Waals surface area contributed by atoms with Crippen molar-refractivity contribution >= 4 is 28.4 Å². The van der Waals surface area contributed by atoms with Crippen LogP contribution in [-0.2, 0) is 20.3 Å². The summed E-state index contributed by atoms with van der Waals surface area (Å²) in [6.07, 6.45) is -1.03. The van der Waals surface area contributed by atoms with Gasteiger partial charge in [-0.25, -0.2) is 4.79 Å². The highest BCUT2D eigenvalue weighted by molar-refractivity contribution is 7.85. The average molecular weight is 438 g/mol. The molecule has 1 N–H and O–H groups in total. The minimum atomic E-state index is -1.31. The molecule has 0 fully saturated rings. The minimum Gasteiger partial charge on any atom is -0.457 e. The first-order valence-electron chi connectivity index (χ1n) is 9.80. The number of carbonyl (C=O) groups is 2. The van der Waals surface area contributed by atoms with Crippen LogP contribution in [0.5, 0.6) is 11.5 Å². The van der Waals surface area contributed by atoms with E-state index in [0.717, 1.165) is 0 Å². The Bertz CT molecular complexity index is 1070. The van der Waals surface area contributed by atoms with Crippen LogP contribution < -0.4 is 10.1 Å². The van der Waals surface area contributed by atoms with Gasteiger partial charge in [-0.3, -0.25) is 9.00 Å². The lowest BCUT2D eigenvalue weighted by Gasteiger charge is -2.15. The highest BCUT2D eigenvalue weighted by Gasteiger charge is 2.22. The van der Waals surface area contributed by atoms with Crippen LogP contribution in [0.25, 0.3) is 0 Å². The zero-order valence-corrected chi connectivity index (χ0v) is 18.1. The van der Waals surface area contributed by atoms with Gasteiger partial charge in [0, 0.05) is 11.4 Å². The van der Waals surface area contributed by atoms with Gasteiger partial charge in [0.1, 0.15) is 11.5 Å². The molecule has 31 heavy (non-hydrogen) atoms. The van der Waals surface area contributed by atoms with Gasteiger partial charge in [-0.2, -0.15) is 0 Å². The Kier molecular flexibility index (Phi) is 7.56. The van der Waals surface area contributed by atoms with Crippen molar-refractivity contribution in [2.45, 2.75) is 24.8 Å². The smallest absolute Gasteiger partial charge is 0.340 e. The molecule has 0 aliphatic carbocycles. The topological polar surface area (TPSA) is 81.7 Å². The first-order chi connectivity index (χ1) is 15.0. The Balaban J connectivity index is 1.59. The molecule has 3 aromatic rings. The first-order valence-corrected chi connectivity index (χ1v) is 11.1. The molecule has 3 aromatic carbocycles. The molecule has 2 atom stereocenters. The van der Waals surface area contributed by atoms with Gasteiger partial charge in [0.2, 0.25) is 0 Å². The Morgan fingerprint density at radius 1 is 0.903 bits per heavy atom. The highest BCUT2D eigenvalue weighted by atomic mass is 32.2. The molecular weight excluding hydrogens is 414 g/mol. The monoisotopic (exact) mass is 437 g/mol. The van der Waals surface area contributed by atoms with Crippen molar-refractivity contribution in [2.24, 2.45) is 0 Å². The molecule has 0 spiro atoms. The number of nitrogens with one attached hydrogen (secondary N) is 1. The number of rotatable bonds is 8. The summed E-state index contributed by atoms with van der Waals surface area (Å²) in [4.78, 5) is 25.4. The van der Waals surface area contributed by atoms with Gasteiger partial charge < -0.3 is 14.8 Å². The van der Waals surface area contributed by atoms with Crippen LogP contribution in [0.1, 0.15) is 24.2 Å². The standard InChI is InChI=1S/C24H23NO5S/c1-3-31(28)22-12-8-7-11-21(22)24(27)29-17(2)23(26)25-18-13-15-20(16-14-18)30-19-9-5-4-6-10-19/h4-17H,3H2,1-2H3,(H,25,26)/t17-,31-/m0/s1. The third kappa shape index (κ3) is 6.02. The third-order valence-corrected chi connectivity index (χ3v) is 5.74. The molecular formula is C24H23NO5S. The third-order valence-electron chi connectivity index (χ3n) is 4.37. The van der Waals surface area contributed by atoms with Crippen LogP contribution in [0.2, 0.25) is 0 Å². The van der Waals surface area contributed by atoms with E-state index in [1.807, 2.05) is 30.3 Å².